The SMILES string of the molecule is c1ccc(-c2ccc(-c3nc(-c4ccc(-c5ccccc5)cc4)nc(-c4ccc(-c5ccc6c(c5)-c5cccc7cccc(c57)O6)cc4)n3)cc2)cc1. The predicted molar refractivity (Wildman–Crippen MR) is 215 cm³/mol. The van der Waals surface area contributed by atoms with Crippen LogP contribution in [0, 0.1) is 0 Å². The Hall–Kier alpha value is -7.17. The molecule has 8 aromatic carbocycles. The first-order valence-corrected chi connectivity index (χ1v) is 17.8. The molecule has 0 aliphatic carbocycles. The summed E-state index contributed by atoms with van der Waals surface area (Å²) in [6, 6.07) is 65.2. The normalized spacial score (nSPS) is 11.5. The number of fused-ring (bicyclic) bond motifs is 2. The van der Waals surface area contributed by atoms with E-state index in [1.807, 2.05) is 24.3 Å². The number of nitrogens with zero attached hydrogens (tertiary/aromatic N) is 3. The van der Waals surface area contributed by atoms with Crippen LogP contribution in [0.25, 0.3) is 89.4 Å². The van der Waals surface area contributed by atoms with Crippen LogP contribution in [0.5, 0.6) is 11.5 Å². The first-order valence-electron chi connectivity index (χ1n) is 17.8. The van der Waals surface area contributed by atoms with E-state index in [2.05, 4.69) is 164 Å². The molecule has 1 aromatic heterocycles. The van der Waals surface area contributed by atoms with Crippen LogP contribution < -0.4 is 4.74 Å². The molecule has 2 heterocycles. The fourth-order valence-electron chi connectivity index (χ4n) is 7.20. The van der Waals surface area contributed by atoms with Crippen LogP contribution in [0.15, 0.2) is 188 Å². The van der Waals surface area contributed by atoms with Crippen LogP contribution in [0.4, 0.5) is 0 Å². The third-order valence-corrected chi connectivity index (χ3v) is 9.97. The molecule has 9 aromatic rings. The summed E-state index contributed by atoms with van der Waals surface area (Å²) < 4.78 is 6.35. The van der Waals surface area contributed by atoms with Crippen LogP contribution in [-0.2, 0) is 0 Å². The zero-order chi connectivity index (χ0) is 35.1. The minimum atomic E-state index is 0.623. The summed E-state index contributed by atoms with van der Waals surface area (Å²) in [5.74, 6) is 3.65. The molecule has 0 amide bonds. The molecular weight excluding hydrogens is 647 g/mol. The lowest BCUT2D eigenvalue weighted by molar-refractivity contribution is 0.487. The standard InChI is InChI=1S/C49H31N3O/c1-3-9-32(10-4-1)34-17-23-38(24-18-34)47-50-48(39-25-19-35(20-26-39)33-11-5-2-6-12-33)52-49(51-47)40-27-21-36(22-28-40)41-29-30-44-43(31-41)42-15-7-13-37-14-8-16-45(53-44)46(37)42/h1-31H. The number of hydrogen-bond acceptors (Lipinski definition) is 4. The Morgan fingerprint density at radius 3 is 1.21 bits per heavy atom. The van der Waals surface area contributed by atoms with E-state index in [1.165, 1.54) is 22.1 Å². The number of rotatable bonds is 6. The molecule has 4 nitrogen and oxygen atoms in total. The summed E-state index contributed by atoms with van der Waals surface area (Å²) in [6.45, 7) is 0. The van der Waals surface area contributed by atoms with Gasteiger partial charge in [-0.25, -0.2) is 15.0 Å². The molecule has 0 fully saturated rings. The van der Waals surface area contributed by atoms with E-state index in [0.29, 0.717) is 17.5 Å². The molecule has 0 saturated carbocycles. The van der Waals surface area contributed by atoms with Crippen LogP contribution in [0.3, 0.4) is 0 Å². The highest BCUT2D eigenvalue weighted by Crippen LogP contribution is 2.47. The van der Waals surface area contributed by atoms with E-state index in [0.717, 1.165) is 61.4 Å². The minimum Gasteiger partial charge on any atom is -0.456 e. The van der Waals surface area contributed by atoms with Crippen molar-refractivity contribution in [2.24, 2.45) is 0 Å². The maximum absolute atomic E-state index is 6.35. The van der Waals surface area contributed by atoms with E-state index < -0.39 is 0 Å². The van der Waals surface area contributed by atoms with Crippen LogP contribution in [-0.4, -0.2) is 15.0 Å². The Labute approximate surface area is 307 Å². The van der Waals surface area contributed by atoms with Crippen molar-refractivity contribution in [2.45, 2.75) is 0 Å². The van der Waals surface area contributed by atoms with Gasteiger partial charge in [-0.2, -0.15) is 0 Å². The second kappa shape index (κ2) is 12.9. The highest BCUT2D eigenvalue weighted by atomic mass is 16.5. The molecule has 0 saturated heterocycles. The van der Waals surface area contributed by atoms with Gasteiger partial charge in [0.1, 0.15) is 11.5 Å². The molecule has 0 radical (unpaired) electrons. The van der Waals surface area contributed by atoms with Gasteiger partial charge >= 0.3 is 0 Å². The number of aromatic nitrogens is 3. The van der Waals surface area contributed by atoms with E-state index in [4.69, 9.17) is 19.7 Å². The van der Waals surface area contributed by atoms with Crippen molar-refractivity contribution in [3.63, 3.8) is 0 Å². The van der Waals surface area contributed by atoms with Crippen LogP contribution in [0.1, 0.15) is 0 Å². The molecule has 0 unspecified atom stereocenters. The van der Waals surface area contributed by atoms with Crippen molar-refractivity contribution in [1.82, 2.24) is 15.0 Å². The Bertz CT molecular complexity index is 2650. The van der Waals surface area contributed by atoms with Gasteiger partial charge in [0.15, 0.2) is 17.5 Å². The average Bonchev–Trinajstić information content (AvgIpc) is 3.24. The van der Waals surface area contributed by atoms with Gasteiger partial charge in [-0.15, -0.1) is 0 Å². The van der Waals surface area contributed by atoms with E-state index in [-0.39, 0.29) is 0 Å². The molecule has 0 atom stereocenters. The van der Waals surface area contributed by atoms with Crippen molar-refractivity contribution in [1.29, 1.82) is 0 Å². The fourth-order valence-corrected chi connectivity index (χ4v) is 7.20. The third kappa shape index (κ3) is 5.73. The molecule has 53 heavy (non-hydrogen) atoms. The van der Waals surface area contributed by atoms with Gasteiger partial charge in [0.2, 0.25) is 0 Å². The largest absolute Gasteiger partial charge is 0.456 e. The smallest absolute Gasteiger partial charge is 0.164 e. The summed E-state index contributed by atoms with van der Waals surface area (Å²) in [5.41, 5.74) is 11.9. The minimum absolute atomic E-state index is 0.623. The molecular formula is C49H31N3O. The van der Waals surface area contributed by atoms with Gasteiger partial charge < -0.3 is 4.74 Å². The van der Waals surface area contributed by atoms with Crippen molar-refractivity contribution in [2.75, 3.05) is 0 Å². The molecule has 0 spiro atoms. The fraction of sp³-hybridized carbons (Fsp3) is 0. The zero-order valence-corrected chi connectivity index (χ0v) is 28.6. The highest BCUT2D eigenvalue weighted by molar-refractivity contribution is 6.04. The van der Waals surface area contributed by atoms with Crippen molar-refractivity contribution < 1.29 is 4.74 Å². The summed E-state index contributed by atoms with van der Waals surface area (Å²) in [7, 11) is 0. The zero-order valence-electron chi connectivity index (χ0n) is 28.6. The Kier molecular flexibility index (Phi) is 7.43. The monoisotopic (exact) mass is 677 g/mol. The van der Waals surface area contributed by atoms with Crippen molar-refractivity contribution in [3.05, 3.63) is 188 Å². The molecule has 0 N–H and O–H groups in total. The predicted octanol–water partition coefficient (Wildman–Crippen LogP) is 12.8. The molecule has 10 rings (SSSR count). The summed E-state index contributed by atoms with van der Waals surface area (Å²) >= 11 is 0. The van der Waals surface area contributed by atoms with E-state index in [9.17, 15) is 0 Å². The summed E-state index contributed by atoms with van der Waals surface area (Å²) in [5, 5.41) is 2.33. The second-order valence-corrected chi connectivity index (χ2v) is 13.2. The number of ether oxygens (including phenoxy) is 1. The lowest BCUT2D eigenvalue weighted by Gasteiger charge is -2.22. The molecule has 1 aliphatic rings. The first kappa shape index (κ1) is 30.6. The van der Waals surface area contributed by atoms with Gasteiger partial charge in [0.05, 0.1) is 0 Å². The number of hydrogen-bond donors (Lipinski definition) is 0. The number of benzene rings is 8. The topological polar surface area (TPSA) is 47.9 Å². The van der Waals surface area contributed by atoms with Gasteiger partial charge in [0.25, 0.3) is 0 Å². The Balaban J connectivity index is 1.02. The molecule has 1 aliphatic heterocycles. The average molecular weight is 678 g/mol. The van der Waals surface area contributed by atoms with Gasteiger partial charge in [-0.1, -0.05) is 170 Å². The lowest BCUT2D eigenvalue weighted by atomic mass is 9.92. The molecule has 248 valence electrons. The highest BCUT2D eigenvalue weighted by Gasteiger charge is 2.20. The lowest BCUT2D eigenvalue weighted by Crippen LogP contribution is -2.00. The molecule has 0 bridgehead atoms. The summed E-state index contributed by atoms with van der Waals surface area (Å²) in [4.78, 5) is 15.1. The van der Waals surface area contributed by atoms with Crippen LogP contribution in [0.2, 0.25) is 0 Å². The Morgan fingerprint density at radius 1 is 0.283 bits per heavy atom. The van der Waals surface area contributed by atoms with Gasteiger partial charge in [0, 0.05) is 27.6 Å². The van der Waals surface area contributed by atoms with Gasteiger partial charge in [-0.05, 0) is 62.5 Å². The van der Waals surface area contributed by atoms with Crippen molar-refractivity contribution in [3.8, 4) is 90.2 Å². The van der Waals surface area contributed by atoms with Crippen molar-refractivity contribution >= 4 is 10.8 Å². The quantitative estimate of drug-likeness (QED) is 0.176. The van der Waals surface area contributed by atoms with Gasteiger partial charge in [-0.3, -0.25) is 0 Å². The third-order valence-electron chi connectivity index (χ3n) is 9.97. The Morgan fingerprint density at radius 2 is 0.698 bits per heavy atom. The van der Waals surface area contributed by atoms with E-state index >= 15 is 0 Å². The maximum atomic E-state index is 6.35. The first-order chi connectivity index (χ1) is 26.2. The second-order valence-electron chi connectivity index (χ2n) is 13.2. The molecule has 4 heteroatoms. The van der Waals surface area contributed by atoms with E-state index in [1.54, 1.807) is 0 Å². The maximum Gasteiger partial charge on any atom is 0.164 e. The van der Waals surface area contributed by atoms with Crippen LogP contribution >= 0.6 is 0 Å². The summed E-state index contributed by atoms with van der Waals surface area (Å²) in [6.07, 6.45) is 0.